The maximum Gasteiger partial charge on any atom is 0.255 e. The van der Waals surface area contributed by atoms with Gasteiger partial charge in [0.2, 0.25) is 0 Å². The first-order valence-electron chi connectivity index (χ1n) is 6.54. The molecule has 0 aromatic heterocycles. The van der Waals surface area contributed by atoms with E-state index in [1.165, 1.54) is 18.2 Å². The normalized spacial score (nSPS) is 10.9. The van der Waals surface area contributed by atoms with Gasteiger partial charge in [0, 0.05) is 17.5 Å². The van der Waals surface area contributed by atoms with E-state index in [0.29, 0.717) is 16.3 Å². The zero-order chi connectivity index (χ0) is 17.2. The van der Waals surface area contributed by atoms with Crippen molar-refractivity contribution in [2.75, 3.05) is 11.6 Å². The zero-order valence-electron chi connectivity index (χ0n) is 12.4. The number of aryl methyl sites for hydroxylation is 1. The van der Waals surface area contributed by atoms with Crippen molar-refractivity contribution in [3.8, 4) is 6.07 Å². The van der Waals surface area contributed by atoms with Gasteiger partial charge in [0.15, 0.2) is 9.84 Å². The third-order valence-electron chi connectivity index (χ3n) is 3.19. The molecule has 1 amide bonds. The standard InChI is InChI=1S/C16H13ClN2O3S/c1-10-3-4-11(8-15(10)23(2,21)22)16(20)19-13-5-6-14(17)12(7-13)9-18/h3-8H,1-2H3,(H,19,20). The number of nitriles is 1. The lowest BCUT2D eigenvalue weighted by Gasteiger charge is -2.09. The van der Waals surface area contributed by atoms with Crippen LogP contribution in [0, 0.1) is 18.3 Å². The van der Waals surface area contributed by atoms with Crippen molar-refractivity contribution in [1.29, 1.82) is 5.26 Å². The van der Waals surface area contributed by atoms with Gasteiger partial charge in [-0.15, -0.1) is 0 Å². The van der Waals surface area contributed by atoms with Gasteiger partial charge < -0.3 is 5.32 Å². The Morgan fingerprint density at radius 1 is 1.22 bits per heavy atom. The van der Waals surface area contributed by atoms with Crippen LogP contribution in [0.2, 0.25) is 5.02 Å². The van der Waals surface area contributed by atoms with E-state index in [4.69, 9.17) is 16.9 Å². The summed E-state index contributed by atoms with van der Waals surface area (Å²) in [6, 6.07) is 10.9. The fourth-order valence-corrected chi connectivity index (χ4v) is 3.19. The van der Waals surface area contributed by atoms with E-state index in [2.05, 4.69) is 5.32 Å². The van der Waals surface area contributed by atoms with Crippen LogP contribution in [-0.2, 0) is 9.84 Å². The van der Waals surface area contributed by atoms with E-state index < -0.39 is 15.7 Å². The average Bonchev–Trinajstić information content (AvgIpc) is 2.48. The highest BCUT2D eigenvalue weighted by molar-refractivity contribution is 7.90. The second kappa shape index (κ2) is 6.41. The van der Waals surface area contributed by atoms with E-state index in [1.807, 2.05) is 6.07 Å². The summed E-state index contributed by atoms with van der Waals surface area (Å²) in [5.74, 6) is -0.471. The fourth-order valence-electron chi connectivity index (χ4n) is 2.03. The fraction of sp³-hybridized carbons (Fsp3) is 0.125. The molecule has 0 aliphatic heterocycles. The first-order chi connectivity index (χ1) is 10.7. The number of nitrogens with zero attached hydrogens (tertiary/aromatic N) is 1. The molecule has 1 N–H and O–H groups in total. The minimum absolute atomic E-state index is 0.110. The number of halogens is 1. The van der Waals surface area contributed by atoms with Crippen molar-refractivity contribution in [3.63, 3.8) is 0 Å². The highest BCUT2D eigenvalue weighted by Crippen LogP contribution is 2.21. The molecule has 2 rings (SSSR count). The molecule has 0 aliphatic rings. The number of sulfone groups is 1. The first-order valence-corrected chi connectivity index (χ1v) is 8.81. The van der Waals surface area contributed by atoms with Gasteiger partial charge in [-0.3, -0.25) is 4.79 Å². The van der Waals surface area contributed by atoms with Crippen molar-refractivity contribution in [3.05, 3.63) is 58.1 Å². The van der Waals surface area contributed by atoms with Crippen molar-refractivity contribution in [2.45, 2.75) is 11.8 Å². The smallest absolute Gasteiger partial charge is 0.255 e. The van der Waals surface area contributed by atoms with Crippen molar-refractivity contribution in [1.82, 2.24) is 0 Å². The monoisotopic (exact) mass is 348 g/mol. The average molecular weight is 349 g/mol. The third kappa shape index (κ3) is 3.89. The van der Waals surface area contributed by atoms with Crippen molar-refractivity contribution >= 4 is 33.0 Å². The van der Waals surface area contributed by atoms with Crippen LogP contribution in [0.15, 0.2) is 41.3 Å². The van der Waals surface area contributed by atoms with Gasteiger partial charge in [0.05, 0.1) is 15.5 Å². The summed E-state index contributed by atoms with van der Waals surface area (Å²) in [7, 11) is -3.42. The van der Waals surface area contributed by atoms with Gasteiger partial charge in [0.1, 0.15) is 6.07 Å². The number of benzene rings is 2. The lowest BCUT2D eigenvalue weighted by Crippen LogP contribution is -2.13. The van der Waals surface area contributed by atoms with Crippen LogP contribution < -0.4 is 5.32 Å². The molecule has 0 radical (unpaired) electrons. The second-order valence-corrected chi connectivity index (χ2v) is 7.40. The maximum atomic E-state index is 12.3. The number of hydrogen-bond acceptors (Lipinski definition) is 4. The topological polar surface area (TPSA) is 87.0 Å². The lowest BCUT2D eigenvalue weighted by atomic mass is 10.1. The molecule has 2 aromatic rings. The summed E-state index contributed by atoms with van der Waals surface area (Å²) in [4.78, 5) is 12.4. The van der Waals surface area contributed by atoms with E-state index in [9.17, 15) is 13.2 Å². The summed E-state index contributed by atoms with van der Waals surface area (Å²) in [6.45, 7) is 1.66. The number of carbonyl (C=O) groups excluding carboxylic acids is 1. The molecular weight excluding hydrogens is 336 g/mol. The van der Waals surface area contributed by atoms with E-state index >= 15 is 0 Å². The van der Waals surface area contributed by atoms with Crippen LogP contribution in [-0.4, -0.2) is 20.6 Å². The van der Waals surface area contributed by atoms with E-state index in [0.717, 1.165) is 6.26 Å². The molecule has 0 atom stereocenters. The molecule has 0 unspecified atom stereocenters. The Morgan fingerprint density at radius 2 is 1.91 bits per heavy atom. The molecule has 7 heteroatoms. The Hall–Kier alpha value is -2.36. The molecule has 0 heterocycles. The molecule has 0 aliphatic carbocycles. The van der Waals surface area contributed by atoms with Crippen LogP contribution in [0.1, 0.15) is 21.5 Å². The van der Waals surface area contributed by atoms with Crippen molar-refractivity contribution in [2.24, 2.45) is 0 Å². The summed E-state index contributed by atoms with van der Waals surface area (Å²) >= 11 is 5.84. The Morgan fingerprint density at radius 3 is 2.52 bits per heavy atom. The molecule has 0 bridgehead atoms. The Bertz CT molecular complexity index is 931. The predicted octanol–water partition coefficient (Wildman–Crippen LogP) is 3.18. The Labute approximate surface area is 139 Å². The van der Waals surface area contributed by atoms with Crippen LogP contribution in [0.5, 0.6) is 0 Å². The van der Waals surface area contributed by atoms with Crippen LogP contribution >= 0.6 is 11.6 Å². The molecule has 2 aromatic carbocycles. The lowest BCUT2D eigenvalue weighted by molar-refractivity contribution is 0.102. The van der Waals surface area contributed by atoms with Gasteiger partial charge in [-0.2, -0.15) is 5.26 Å². The number of carbonyl (C=O) groups is 1. The van der Waals surface area contributed by atoms with Gasteiger partial charge in [-0.05, 0) is 42.8 Å². The highest BCUT2D eigenvalue weighted by atomic mass is 35.5. The zero-order valence-corrected chi connectivity index (χ0v) is 14.0. The van der Waals surface area contributed by atoms with Crippen LogP contribution in [0.3, 0.4) is 0 Å². The van der Waals surface area contributed by atoms with Gasteiger partial charge in [-0.25, -0.2) is 8.42 Å². The summed E-state index contributed by atoms with van der Waals surface area (Å²) in [5.41, 5.74) is 1.43. The Kier molecular flexibility index (Phi) is 4.73. The molecule has 0 fully saturated rings. The number of anilines is 1. The molecule has 0 saturated heterocycles. The first kappa shape index (κ1) is 17.0. The molecule has 0 saturated carbocycles. The molecule has 0 spiro atoms. The van der Waals surface area contributed by atoms with Crippen LogP contribution in [0.4, 0.5) is 5.69 Å². The summed E-state index contributed by atoms with van der Waals surface area (Å²) < 4.78 is 23.5. The molecule has 23 heavy (non-hydrogen) atoms. The summed E-state index contributed by atoms with van der Waals surface area (Å²) in [5, 5.41) is 11.8. The number of rotatable bonds is 3. The van der Waals surface area contributed by atoms with E-state index in [1.54, 1.807) is 25.1 Å². The molecule has 118 valence electrons. The number of amides is 1. The maximum absolute atomic E-state index is 12.3. The minimum Gasteiger partial charge on any atom is -0.322 e. The third-order valence-corrected chi connectivity index (χ3v) is 4.76. The van der Waals surface area contributed by atoms with Crippen LogP contribution in [0.25, 0.3) is 0 Å². The predicted molar refractivity (Wildman–Crippen MR) is 88.4 cm³/mol. The van der Waals surface area contributed by atoms with Gasteiger partial charge in [0.25, 0.3) is 5.91 Å². The molecule has 5 nitrogen and oxygen atoms in total. The second-order valence-electron chi connectivity index (χ2n) is 5.01. The quantitative estimate of drug-likeness (QED) is 0.922. The minimum atomic E-state index is -3.42. The number of nitrogens with one attached hydrogen (secondary N) is 1. The number of hydrogen-bond donors (Lipinski definition) is 1. The molecular formula is C16H13ClN2O3S. The van der Waals surface area contributed by atoms with Gasteiger partial charge in [-0.1, -0.05) is 17.7 Å². The van der Waals surface area contributed by atoms with Gasteiger partial charge >= 0.3 is 0 Å². The highest BCUT2D eigenvalue weighted by Gasteiger charge is 2.15. The SMILES string of the molecule is Cc1ccc(C(=O)Nc2ccc(Cl)c(C#N)c2)cc1S(C)(=O)=O. The van der Waals surface area contributed by atoms with Crippen molar-refractivity contribution < 1.29 is 13.2 Å². The summed E-state index contributed by atoms with van der Waals surface area (Å²) in [6.07, 6.45) is 1.09. The largest absolute Gasteiger partial charge is 0.322 e. The Balaban J connectivity index is 2.34. The van der Waals surface area contributed by atoms with E-state index in [-0.39, 0.29) is 16.0 Å².